The van der Waals surface area contributed by atoms with Crippen LogP contribution in [-0.2, 0) is 39.4 Å². The molecule has 6 heteroatoms. The molecule has 0 aliphatic carbocycles. The van der Waals surface area contributed by atoms with Gasteiger partial charge in [0.05, 0.1) is 25.4 Å². The predicted octanol–water partition coefficient (Wildman–Crippen LogP) is 4.30. The minimum Gasteiger partial charge on any atom is -0.378 e. The van der Waals surface area contributed by atoms with Crippen LogP contribution in [0.2, 0.25) is 0 Å². The molecule has 2 saturated heterocycles. The van der Waals surface area contributed by atoms with Gasteiger partial charge in [0, 0.05) is 36.5 Å². The lowest BCUT2D eigenvalue weighted by Gasteiger charge is -2.46. The van der Waals surface area contributed by atoms with E-state index >= 15 is 0 Å². The lowest BCUT2D eigenvalue weighted by Crippen LogP contribution is -2.49. The first-order valence-corrected chi connectivity index (χ1v) is 11.4. The number of thiophene rings is 1. The number of hydrogen-bond donors (Lipinski definition) is 1. The zero-order chi connectivity index (χ0) is 19.7. The van der Waals surface area contributed by atoms with Crippen LogP contribution in [0.4, 0.5) is 4.39 Å². The maximum atomic E-state index is 13.6. The van der Waals surface area contributed by atoms with Crippen LogP contribution in [0.5, 0.6) is 0 Å². The summed E-state index contributed by atoms with van der Waals surface area (Å²) in [6, 6.07) is 7.11. The van der Waals surface area contributed by atoms with Crippen LogP contribution in [0.15, 0.2) is 29.6 Å². The Balaban J connectivity index is 1.30. The van der Waals surface area contributed by atoms with Crippen molar-refractivity contribution in [3.8, 4) is 0 Å². The zero-order valence-electron chi connectivity index (χ0n) is 16.7. The van der Waals surface area contributed by atoms with E-state index in [1.807, 2.05) is 23.5 Å². The van der Waals surface area contributed by atoms with Gasteiger partial charge in [-0.15, -0.1) is 11.3 Å². The lowest BCUT2D eigenvalue weighted by molar-refractivity contribution is -0.108. The van der Waals surface area contributed by atoms with Gasteiger partial charge in [0.25, 0.3) is 0 Å². The van der Waals surface area contributed by atoms with Crippen LogP contribution < -0.4 is 5.32 Å². The van der Waals surface area contributed by atoms with Gasteiger partial charge in [-0.2, -0.15) is 0 Å². The van der Waals surface area contributed by atoms with Crippen molar-refractivity contribution in [1.29, 1.82) is 0 Å². The molecule has 3 aliphatic heterocycles. The number of benzene rings is 1. The molecule has 2 aromatic rings. The lowest BCUT2D eigenvalue weighted by atomic mass is 9.66. The van der Waals surface area contributed by atoms with Crippen molar-refractivity contribution in [2.75, 3.05) is 26.4 Å². The molecule has 1 unspecified atom stereocenters. The smallest absolute Gasteiger partial charge is 0.123 e. The summed E-state index contributed by atoms with van der Waals surface area (Å²) in [6.45, 7) is 5.47. The topological polar surface area (TPSA) is 39.7 Å². The molecule has 3 aliphatic rings. The molecule has 0 saturated carbocycles. The Labute approximate surface area is 175 Å². The third-order valence-electron chi connectivity index (χ3n) is 6.81. The molecule has 29 heavy (non-hydrogen) atoms. The molecule has 2 fully saturated rings. The first kappa shape index (κ1) is 19.6. The van der Waals surface area contributed by atoms with Crippen molar-refractivity contribution in [2.24, 2.45) is 0 Å². The SMILES string of the molecule is Fc1ccc([C@]2(CCNCc3scc4c3COC4)CCOC3(CCOC3)C2)cc1. The van der Waals surface area contributed by atoms with Crippen LogP contribution in [0.3, 0.4) is 0 Å². The first-order valence-electron chi connectivity index (χ1n) is 10.5. The van der Waals surface area contributed by atoms with Gasteiger partial charge in [0.15, 0.2) is 0 Å². The quantitative estimate of drug-likeness (QED) is 0.712. The number of hydrogen-bond acceptors (Lipinski definition) is 5. The van der Waals surface area contributed by atoms with E-state index in [1.54, 1.807) is 12.1 Å². The van der Waals surface area contributed by atoms with E-state index < -0.39 is 0 Å². The molecule has 156 valence electrons. The highest BCUT2D eigenvalue weighted by atomic mass is 32.1. The van der Waals surface area contributed by atoms with E-state index in [-0.39, 0.29) is 16.8 Å². The average Bonchev–Trinajstić information content (AvgIpc) is 3.45. The highest BCUT2D eigenvalue weighted by molar-refractivity contribution is 7.10. The fraction of sp³-hybridized carbons (Fsp3) is 0.565. The second-order valence-electron chi connectivity index (χ2n) is 8.63. The van der Waals surface area contributed by atoms with Crippen LogP contribution in [0, 0.1) is 5.82 Å². The summed E-state index contributed by atoms with van der Waals surface area (Å²) in [5.74, 6) is -0.179. The third kappa shape index (κ3) is 3.89. The van der Waals surface area contributed by atoms with E-state index in [9.17, 15) is 4.39 Å². The van der Waals surface area contributed by atoms with E-state index in [1.165, 1.54) is 21.6 Å². The van der Waals surface area contributed by atoms with Gasteiger partial charge in [-0.3, -0.25) is 0 Å². The molecule has 0 amide bonds. The Hall–Kier alpha value is -1.31. The van der Waals surface area contributed by atoms with Crippen molar-refractivity contribution in [1.82, 2.24) is 5.32 Å². The van der Waals surface area contributed by atoms with Crippen molar-refractivity contribution in [3.63, 3.8) is 0 Å². The average molecular weight is 418 g/mol. The Morgan fingerprint density at radius 3 is 2.79 bits per heavy atom. The van der Waals surface area contributed by atoms with Gasteiger partial charge < -0.3 is 19.5 Å². The van der Waals surface area contributed by atoms with Crippen molar-refractivity contribution in [3.05, 3.63) is 57.0 Å². The third-order valence-corrected chi connectivity index (χ3v) is 7.89. The van der Waals surface area contributed by atoms with Crippen LogP contribution in [-0.4, -0.2) is 32.0 Å². The first-order chi connectivity index (χ1) is 14.2. The minimum absolute atomic E-state index is 0.00679. The summed E-state index contributed by atoms with van der Waals surface area (Å²) < 4.78 is 31.0. The van der Waals surface area contributed by atoms with Crippen molar-refractivity contribution >= 4 is 11.3 Å². The van der Waals surface area contributed by atoms with Crippen LogP contribution in [0.25, 0.3) is 0 Å². The Kier molecular flexibility index (Phi) is 5.47. The number of fused-ring (bicyclic) bond motifs is 1. The summed E-state index contributed by atoms with van der Waals surface area (Å²) in [5.41, 5.74) is 3.76. The van der Waals surface area contributed by atoms with Crippen molar-refractivity contribution < 1.29 is 18.6 Å². The molecule has 1 spiro atoms. The summed E-state index contributed by atoms with van der Waals surface area (Å²) in [6.07, 6.45) is 3.86. The number of ether oxygens (including phenoxy) is 3. The molecule has 0 radical (unpaired) electrons. The van der Waals surface area contributed by atoms with Gasteiger partial charge in [-0.1, -0.05) is 12.1 Å². The van der Waals surface area contributed by atoms with E-state index in [0.29, 0.717) is 6.61 Å². The second-order valence-corrected chi connectivity index (χ2v) is 9.59. The summed E-state index contributed by atoms with van der Waals surface area (Å²) >= 11 is 1.83. The standard InChI is InChI=1S/C23H28FNO3S/c24-19-3-1-18(2-4-19)22(6-10-28-23(15-22)7-9-26-16-23)5-8-25-11-21-20-13-27-12-17(20)14-29-21/h1-4,14,25H,5-13,15-16H2/t22-,23?/m1/s1. The molecule has 4 nitrogen and oxygen atoms in total. The minimum atomic E-state index is -0.182. The number of rotatable bonds is 6. The monoisotopic (exact) mass is 417 g/mol. The highest BCUT2D eigenvalue weighted by Crippen LogP contribution is 2.47. The maximum Gasteiger partial charge on any atom is 0.123 e. The largest absolute Gasteiger partial charge is 0.378 e. The summed E-state index contributed by atoms with van der Waals surface area (Å²) in [7, 11) is 0. The Bertz CT molecular complexity index is 846. The highest BCUT2D eigenvalue weighted by Gasteiger charge is 2.48. The van der Waals surface area contributed by atoms with Gasteiger partial charge in [-0.25, -0.2) is 4.39 Å². The normalized spacial score (nSPS) is 28.9. The van der Waals surface area contributed by atoms with E-state index in [2.05, 4.69) is 10.7 Å². The molecular weight excluding hydrogens is 389 g/mol. The van der Waals surface area contributed by atoms with Crippen LogP contribution in [0.1, 0.15) is 47.3 Å². The maximum absolute atomic E-state index is 13.6. The van der Waals surface area contributed by atoms with E-state index in [0.717, 1.165) is 65.2 Å². The molecule has 1 aromatic carbocycles. The molecule has 4 heterocycles. The Morgan fingerprint density at radius 1 is 1.07 bits per heavy atom. The van der Waals surface area contributed by atoms with E-state index in [4.69, 9.17) is 14.2 Å². The fourth-order valence-corrected chi connectivity index (χ4v) is 6.18. The number of halogens is 1. The Morgan fingerprint density at radius 2 is 1.97 bits per heavy atom. The van der Waals surface area contributed by atoms with Gasteiger partial charge >= 0.3 is 0 Å². The molecule has 5 rings (SSSR count). The summed E-state index contributed by atoms with van der Waals surface area (Å²) in [4.78, 5) is 1.39. The predicted molar refractivity (Wildman–Crippen MR) is 111 cm³/mol. The van der Waals surface area contributed by atoms with Gasteiger partial charge in [0.2, 0.25) is 0 Å². The summed E-state index contributed by atoms with van der Waals surface area (Å²) in [5, 5.41) is 5.88. The molecule has 2 atom stereocenters. The van der Waals surface area contributed by atoms with Crippen molar-refractivity contribution in [2.45, 2.75) is 56.5 Å². The second kappa shape index (κ2) is 8.08. The zero-order valence-corrected chi connectivity index (χ0v) is 17.5. The molecular formula is C23H28FNO3S. The van der Waals surface area contributed by atoms with Gasteiger partial charge in [-0.05, 0) is 60.0 Å². The van der Waals surface area contributed by atoms with Gasteiger partial charge in [0.1, 0.15) is 5.82 Å². The number of nitrogens with one attached hydrogen (secondary N) is 1. The molecule has 0 bridgehead atoms. The van der Waals surface area contributed by atoms with Crippen LogP contribution >= 0.6 is 11.3 Å². The fourth-order valence-electron chi connectivity index (χ4n) is 5.17. The molecule has 1 N–H and O–H groups in total. The molecule has 1 aromatic heterocycles.